The standard InChI is InChI=1S/C14H19N3S/c15-14(18)13-11(2-1-7-16-13)9-17(12-5-6-12)8-10-3-4-10/h1-2,7,10,12H,3-6,8-9H2,(H2,15,18). The summed E-state index contributed by atoms with van der Waals surface area (Å²) in [6, 6.07) is 4.85. The smallest absolute Gasteiger partial charge is 0.123 e. The van der Waals surface area contributed by atoms with E-state index < -0.39 is 0 Å². The highest BCUT2D eigenvalue weighted by atomic mass is 32.1. The van der Waals surface area contributed by atoms with Crippen LogP contribution in [0, 0.1) is 5.92 Å². The topological polar surface area (TPSA) is 42.1 Å². The molecular weight excluding hydrogens is 242 g/mol. The number of nitrogens with two attached hydrogens (primary N) is 1. The van der Waals surface area contributed by atoms with Crippen LogP contribution >= 0.6 is 12.2 Å². The monoisotopic (exact) mass is 261 g/mol. The molecule has 2 saturated carbocycles. The maximum absolute atomic E-state index is 5.75. The Morgan fingerprint density at radius 3 is 2.78 bits per heavy atom. The summed E-state index contributed by atoms with van der Waals surface area (Å²) in [5, 5.41) is 0. The highest BCUT2D eigenvalue weighted by Gasteiger charge is 2.33. The molecular formula is C14H19N3S. The lowest BCUT2D eigenvalue weighted by Crippen LogP contribution is -2.29. The van der Waals surface area contributed by atoms with Crippen LogP contribution in [0.5, 0.6) is 0 Å². The molecule has 4 heteroatoms. The SMILES string of the molecule is NC(=S)c1ncccc1CN(CC1CC1)C1CC1. The van der Waals surface area contributed by atoms with Gasteiger partial charge < -0.3 is 5.73 Å². The molecule has 3 rings (SSSR count). The number of rotatable bonds is 6. The zero-order valence-corrected chi connectivity index (χ0v) is 11.3. The Hall–Kier alpha value is -1.00. The van der Waals surface area contributed by atoms with Crippen molar-refractivity contribution in [2.24, 2.45) is 11.7 Å². The van der Waals surface area contributed by atoms with Crippen LogP contribution in [0.2, 0.25) is 0 Å². The second-order valence-electron chi connectivity index (χ2n) is 5.48. The molecule has 0 saturated heterocycles. The number of pyridine rings is 1. The van der Waals surface area contributed by atoms with Crippen LogP contribution in [0.15, 0.2) is 18.3 Å². The summed E-state index contributed by atoms with van der Waals surface area (Å²) in [5.74, 6) is 0.926. The van der Waals surface area contributed by atoms with E-state index in [0.717, 1.165) is 24.2 Å². The first-order valence-electron chi connectivity index (χ1n) is 6.72. The molecule has 0 atom stereocenters. The van der Waals surface area contributed by atoms with Crippen LogP contribution in [0.4, 0.5) is 0 Å². The summed E-state index contributed by atoms with van der Waals surface area (Å²) in [6.45, 7) is 2.18. The zero-order chi connectivity index (χ0) is 12.5. The van der Waals surface area contributed by atoms with E-state index in [-0.39, 0.29) is 0 Å². The largest absolute Gasteiger partial charge is 0.388 e. The van der Waals surface area contributed by atoms with Crippen molar-refractivity contribution in [3.63, 3.8) is 0 Å². The van der Waals surface area contributed by atoms with Gasteiger partial charge in [0.1, 0.15) is 10.7 Å². The predicted octanol–water partition coefficient (Wildman–Crippen LogP) is 2.09. The molecule has 1 aromatic heterocycles. The average molecular weight is 261 g/mol. The number of hydrogen-bond donors (Lipinski definition) is 1. The summed E-state index contributed by atoms with van der Waals surface area (Å²) in [7, 11) is 0. The van der Waals surface area contributed by atoms with Crippen LogP contribution in [0.3, 0.4) is 0 Å². The average Bonchev–Trinajstić information content (AvgIpc) is 3.22. The Bertz CT molecular complexity index is 452. The Morgan fingerprint density at radius 2 is 2.17 bits per heavy atom. The van der Waals surface area contributed by atoms with Gasteiger partial charge in [-0.2, -0.15) is 0 Å². The van der Waals surface area contributed by atoms with Crippen LogP contribution in [-0.4, -0.2) is 27.5 Å². The Kier molecular flexibility index (Phi) is 3.31. The lowest BCUT2D eigenvalue weighted by Gasteiger charge is -2.22. The minimum Gasteiger partial charge on any atom is -0.388 e. The number of hydrogen-bond acceptors (Lipinski definition) is 3. The zero-order valence-electron chi connectivity index (χ0n) is 10.5. The van der Waals surface area contributed by atoms with Crippen LogP contribution < -0.4 is 5.73 Å². The van der Waals surface area contributed by atoms with Crippen molar-refractivity contribution in [1.29, 1.82) is 0 Å². The van der Waals surface area contributed by atoms with Crippen molar-refractivity contribution in [3.8, 4) is 0 Å². The van der Waals surface area contributed by atoms with Crippen molar-refractivity contribution in [2.75, 3.05) is 6.54 Å². The molecule has 1 aromatic rings. The maximum atomic E-state index is 5.75. The fourth-order valence-electron chi connectivity index (χ4n) is 2.42. The number of nitrogens with zero attached hydrogens (tertiary/aromatic N) is 2. The first-order valence-corrected chi connectivity index (χ1v) is 7.12. The van der Waals surface area contributed by atoms with Crippen molar-refractivity contribution in [1.82, 2.24) is 9.88 Å². The molecule has 0 aromatic carbocycles. The van der Waals surface area contributed by atoms with E-state index in [1.807, 2.05) is 6.07 Å². The van der Waals surface area contributed by atoms with Crippen LogP contribution in [-0.2, 0) is 6.54 Å². The molecule has 18 heavy (non-hydrogen) atoms. The summed E-state index contributed by atoms with van der Waals surface area (Å²) < 4.78 is 0. The fraction of sp³-hybridized carbons (Fsp3) is 0.571. The van der Waals surface area contributed by atoms with E-state index in [0.29, 0.717) is 4.99 Å². The van der Waals surface area contributed by atoms with Gasteiger partial charge in [0.25, 0.3) is 0 Å². The minimum atomic E-state index is 0.410. The molecule has 0 spiro atoms. The van der Waals surface area contributed by atoms with Crippen molar-refractivity contribution < 1.29 is 0 Å². The first kappa shape index (κ1) is 12.1. The number of aromatic nitrogens is 1. The second kappa shape index (κ2) is 4.94. The quantitative estimate of drug-likeness (QED) is 0.796. The van der Waals surface area contributed by atoms with E-state index in [9.17, 15) is 0 Å². The van der Waals surface area contributed by atoms with Crippen molar-refractivity contribution in [3.05, 3.63) is 29.6 Å². The Balaban J connectivity index is 1.74. The Morgan fingerprint density at radius 1 is 1.39 bits per heavy atom. The number of thiocarbonyl (C=S) groups is 1. The van der Waals surface area contributed by atoms with Gasteiger partial charge in [0.05, 0.1) is 0 Å². The molecule has 0 radical (unpaired) electrons. The van der Waals surface area contributed by atoms with E-state index >= 15 is 0 Å². The molecule has 0 bridgehead atoms. The highest BCUT2D eigenvalue weighted by molar-refractivity contribution is 7.80. The second-order valence-corrected chi connectivity index (χ2v) is 5.92. The van der Waals surface area contributed by atoms with Gasteiger partial charge in [-0.25, -0.2) is 0 Å². The van der Waals surface area contributed by atoms with Gasteiger partial charge in [-0.15, -0.1) is 0 Å². The third-order valence-corrected chi connectivity index (χ3v) is 3.94. The lowest BCUT2D eigenvalue weighted by atomic mass is 10.1. The van der Waals surface area contributed by atoms with Gasteiger partial charge in [-0.3, -0.25) is 9.88 Å². The molecule has 2 N–H and O–H groups in total. The molecule has 0 unspecified atom stereocenters. The van der Waals surface area contributed by atoms with Crippen LogP contribution in [0.1, 0.15) is 36.9 Å². The van der Waals surface area contributed by atoms with Crippen molar-refractivity contribution in [2.45, 2.75) is 38.3 Å². The van der Waals surface area contributed by atoms with Gasteiger partial charge in [0, 0.05) is 25.3 Å². The first-order chi connectivity index (χ1) is 8.74. The van der Waals surface area contributed by atoms with E-state index in [2.05, 4.69) is 16.0 Å². The van der Waals surface area contributed by atoms with E-state index in [1.165, 1.54) is 37.8 Å². The van der Waals surface area contributed by atoms with E-state index in [1.54, 1.807) is 6.20 Å². The molecule has 2 aliphatic rings. The van der Waals surface area contributed by atoms with Gasteiger partial charge in [-0.1, -0.05) is 18.3 Å². The summed E-state index contributed by atoms with van der Waals surface area (Å²) in [5.41, 5.74) is 7.72. The molecule has 3 nitrogen and oxygen atoms in total. The van der Waals surface area contributed by atoms with Gasteiger partial charge in [0.2, 0.25) is 0 Å². The molecule has 96 valence electrons. The fourth-order valence-corrected chi connectivity index (χ4v) is 2.61. The summed E-state index contributed by atoms with van der Waals surface area (Å²) >= 11 is 5.08. The molecule has 1 heterocycles. The third kappa shape index (κ3) is 2.87. The molecule has 2 fully saturated rings. The van der Waals surface area contributed by atoms with E-state index in [4.69, 9.17) is 18.0 Å². The molecule has 0 amide bonds. The highest BCUT2D eigenvalue weighted by Crippen LogP contribution is 2.35. The predicted molar refractivity (Wildman–Crippen MR) is 76.3 cm³/mol. The minimum absolute atomic E-state index is 0.410. The molecule has 0 aliphatic heterocycles. The normalized spacial score (nSPS) is 19.2. The summed E-state index contributed by atoms with van der Waals surface area (Å²) in [4.78, 5) is 7.32. The Labute approximate surface area is 113 Å². The van der Waals surface area contributed by atoms with Gasteiger partial charge in [0.15, 0.2) is 0 Å². The van der Waals surface area contributed by atoms with Crippen molar-refractivity contribution >= 4 is 17.2 Å². The van der Waals surface area contributed by atoms with Crippen LogP contribution in [0.25, 0.3) is 0 Å². The summed E-state index contributed by atoms with van der Waals surface area (Å²) in [6.07, 6.45) is 7.25. The molecule has 2 aliphatic carbocycles. The van der Waals surface area contributed by atoms with Gasteiger partial charge in [-0.05, 0) is 43.2 Å². The van der Waals surface area contributed by atoms with Gasteiger partial charge >= 0.3 is 0 Å². The third-order valence-electron chi connectivity index (χ3n) is 3.75. The maximum Gasteiger partial charge on any atom is 0.123 e. The lowest BCUT2D eigenvalue weighted by molar-refractivity contribution is 0.243.